The molecule has 6 nitrogen and oxygen atoms in total. The number of aromatic nitrogens is 3. The first-order valence-corrected chi connectivity index (χ1v) is 12.3. The van der Waals surface area contributed by atoms with Crippen molar-refractivity contribution in [3.8, 4) is 11.5 Å². The molecule has 1 saturated heterocycles. The quantitative estimate of drug-likeness (QED) is 0.485. The van der Waals surface area contributed by atoms with Gasteiger partial charge in [0, 0.05) is 55.0 Å². The van der Waals surface area contributed by atoms with Crippen molar-refractivity contribution in [2.45, 2.75) is 25.9 Å². The van der Waals surface area contributed by atoms with Crippen molar-refractivity contribution in [2.75, 3.05) is 24.6 Å². The second-order valence-corrected chi connectivity index (χ2v) is 9.62. The van der Waals surface area contributed by atoms with Gasteiger partial charge in [-0.2, -0.15) is 11.8 Å². The molecule has 2 aliphatic rings. The van der Waals surface area contributed by atoms with Gasteiger partial charge < -0.3 is 9.47 Å². The molecule has 162 valence electrons. The summed E-state index contributed by atoms with van der Waals surface area (Å²) in [5.74, 6) is 2.95. The van der Waals surface area contributed by atoms with Gasteiger partial charge in [0.05, 0.1) is 16.6 Å². The number of thioether (sulfide) groups is 1. The van der Waals surface area contributed by atoms with Crippen LogP contribution in [0.4, 0.5) is 0 Å². The van der Waals surface area contributed by atoms with Crippen molar-refractivity contribution in [3.05, 3.63) is 64.4 Å². The van der Waals surface area contributed by atoms with E-state index in [4.69, 9.17) is 4.98 Å². The van der Waals surface area contributed by atoms with Crippen LogP contribution in [-0.2, 0) is 24.3 Å². The molecule has 1 fully saturated rings. The highest BCUT2D eigenvalue weighted by atomic mass is 32.2. The number of hydrogen-bond donors (Lipinski definition) is 0. The van der Waals surface area contributed by atoms with E-state index in [1.807, 2.05) is 51.6 Å². The first-order chi connectivity index (χ1) is 15.7. The van der Waals surface area contributed by atoms with Crippen LogP contribution in [-0.4, -0.2) is 49.5 Å². The second-order valence-electron chi connectivity index (χ2n) is 8.40. The highest BCUT2D eigenvalue weighted by Crippen LogP contribution is 2.36. The minimum atomic E-state index is 0.00921. The van der Waals surface area contributed by atoms with E-state index < -0.39 is 0 Å². The minimum Gasteiger partial charge on any atom is -0.341 e. The third kappa shape index (κ3) is 3.06. The lowest BCUT2D eigenvalue weighted by Gasteiger charge is -2.27. The van der Waals surface area contributed by atoms with E-state index in [0.717, 1.165) is 47.7 Å². The van der Waals surface area contributed by atoms with E-state index in [9.17, 15) is 9.59 Å². The second kappa shape index (κ2) is 7.81. The Morgan fingerprint density at radius 1 is 0.969 bits per heavy atom. The van der Waals surface area contributed by atoms with Gasteiger partial charge in [-0.3, -0.25) is 14.2 Å². The van der Waals surface area contributed by atoms with Crippen molar-refractivity contribution in [1.29, 1.82) is 0 Å². The summed E-state index contributed by atoms with van der Waals surface area (Å²) in [5.41, 5.74) is 4.05. The van der Waals surface area contributed by atoms with E-state index in [2.05, 4.69) is 22.8 Å². The Kier molecular flexibility index (Phi) is 4.79. The molecule has 0 saturated carbocycles. The number of carbonyl (C=O) groups excluding carboxylic acids is 1. The Bertz CT molecular complexity index is 1410. The molecule has 0 atom stereocenters. The third-order valence-corrected chi connectivity index (χ3v) is 7.59. The maximum atomic E-state index is 13.2. The third-order valence-electron chi connectivity index (χ3n) is 6.65. The summed E-state index contributed by atoms with van der Waals surface area (Å²) >= 11 is 1.91. The number of para-hydroxylation sites is 2. The average Bonchev–Trinajstić information content (AvgIpc) is 3.17. The molecule has 0 radical (unpaired) electrons. The molecule has 6 rings (SSSR count). The van der Waals surface area contributed by atoms with Gasteiger partial charge in [0.2, 0.25) is 5.91 Å². The summed E-state index contributed by atoms with van der Waals surface area (Å²) in [7, 11) is 0. The molecule has 2 aromatic heterocycles. The zero-order valence-electron chi connectivity index (χ0n) is 17.8. The molecule has 32 heavy (non-hydrogen) atoms. The molecule has 0 bridgehead atoms. The molecule has 1 amide bonds. The lowest BCUT2D eigenvalue weighted by atomic mass is 10.0. The summed E-state index contributed by atoms with van der Waals surface area (Å²) < 4.78 is 4.02. The molecule has 4 heterocycles. The van der Waals surface area contributed by atoms with Gasteiger partial charge in [0.1, 0.15) is 0 Å². The average molecular weight is 445 g/mol. The van der Waals surface area contributed by atoms with Gasteiger partial charge in [0.25, 0.3) is 5.56 Å². The molecule has 0 spiro atoms. The predicted octanol–water partition coefficient (Wildman–Crippen LogP) is 3.54. The van der Waals surface area contributed by atoms with E-state index >= 15 is 0 Å². The molecule has 0 N–H and O–H groups in total. The number of aryl methyl sites for hydroxylation is 2. The summed E-state index contributed by atoms with van der Waals surface area (Å²) in [5, 5.41) is 1.85. The van der Waals surface area contributed by atoms with Crippen molar-refractivity contribution < 1.29 is 4.79 Å². The number of carbonyl (C=O) groups is 1. The lowest BCUT2D eigenvalue weighted by Crippen LogP contribution is -2.38. The molecular formula is C25H24N4O2S. The van der Waals surface area contributed by atoms with Crippen LogP contribution in [0.25, 0.3) is 33.3 Å². The highest BCUT2D eigenvalue weighted by molar-refractivity contribution is 7.99. The Balaban J connectivity index is 1.49. The van der Waals surface area contributed by atoms with Gasteiger partial charge >= 0.3 is 0 Å². The fourth-order valence-corrected chi connectivity index (χ4v) is 5.98. The summed E-state index contributed by atoms with van der Waals surface area (Å²) in [6, 6.07) is 15.9. The Morgan fingerprint density at radius 2 is 1.72 bits per heavy atom. The van der Waals surface area contributed by atoms with Crippen LogP contribution in [0.2, 0.25) is 0 Å². The van der Waals surface area contributed by atoms with Crippen molar-refractivity contribution >= 4 is 39.5 Å². The number of amides is 1. The van der Waals surface area contributed by atoms with Crippen molar-refractivity contribution in [3.63, 3.8) is 0 Å². The summed E-state index contributed by atoms with van der Waals surface area (Å²) in [6.07, 6.45) is 1.24. The zero-order valence-corrected chi connectivity index (χ0v) is 18.6. The van der Waals surface area contributed by atoms with Crippen LogP contribution in [0.5, 0.6) is 0 Å². The monoisotopic (exact) mass is 444 g/mol. The fraction of sp³-hybridized carbons (Fsp3) is 0.320. The number of fused-ring (bicyclic) bond motifs is 6. The SMILES string of the molecule is O=C(CCn1c2c(c3ccccc31)CCn1c-2nc2ccccc2c1=O)N1CCSCC1. The number of benzene rings is 2. The largest absolute Gasteiger partial charge is 0.341 e. The molecule has 4 aromatic rings. The lowest BCUT2D eigenvalue weighted by molar-refractivity contribution is -0.131. The van der Waals surface area contributed by atoms with Gasteiger partial charge in [-0.15, -0.1) is 0 Å². The van der Waals surface area contributed by atoms with Gasteiger partial charge in [-0.05, 0) is 30.2 Å². The molecule has 7 heteroatoms. The van der Waals surface area contributed by atoms with E-state index in [1.54, 1.807) is 0 Å². The van der Waals surface area contributed by atoms with Crippen LogP contribution in [0.15, 0.2) is 53.3 Å². The molecule has 0 aliphatic carbocycles. The van der Waals surface area contributed by atoms with E-state index in [-0.39, 0.29) is 11.5 Å². The highest BCUT2D eigenvalue weighted by Gasteiger charge is 2.27. The minimum absolute atomic E-state index is 0.00921. The van der Waals surface area contributed by atoms with E-state index in [0.29, 0.717) is 30.7 Å². The topological polar surface area (TPSA) is 60.1 Å². The van der Waals surface area contributed by atoms with Crippen LogP contribution in [0.1, 0.15) is 12.0 Å². The number of hydrogen-bond acceptors (Lipinski definition) is 4. The zero-order chi connectivity index (χ0) is 21.7. The van der Waals surface area contributed by atoms with Crippen LogP contribution in [0, 0.1) is 0 Å². The van der Waals surface area contributed by atoms with Crippen LogP contribution < -0.4 is 5.56 Å². The van der Waals surface area contributed by atoms with E-state index in [1.165, 1.54) is 10.9 Å². The number of rotatable bonds is 3. The van der Waals surface area contributed by atoms with Crippen LogP contribution in [0.3, 0.4) is 0 Å². The maximum Gasteiger partial charge on any atom is 0.261 e. The maximum absolute atomic E-state index is 13.2. The van der Waals surface area contributed by atoms with Crippen LogP contribution >= 0.6 is 11.8 Å². The van der Waals surface area contributed by atoms with Gasteiger partial charge in [0.15, 0.2) is 5.82 Å². The molecule has 0 unspecified atom stereocenters. The Labute approximate surface area is 189 Å². The molecule has 2 aromatic carbocycles. The first-order valence-electron chi connectivity index (χ1n) is 11.2. The first kappa shape index (κ1) is 19.6. The summed E-state index contributed by atoms with van der Waals surface area (Å²) in [4.78, 5) is 33.1. The fourth-order valence-electron chi connectivity index (χ4n) is 5.07. The molecular weight excluding hydrogens is 420 g/mol. The van der Waals surface area contributed by atoms with Crippen molar-refractivity contribution in [2.24, 2.45) is 0 Å². The normalized spacial score (nSPS) is 15.7. The van der Waals surface area contributed by atoms with Crippen molar-refractivity contribution in [1.82, 2.24) is 19.0 Å². The van der Waals surface area contributed by atoms with Gasteiger partial charge in [-0.25, -0.2) is 4.98 Å². The predicted molar refractivity (Wildman–Crippen MR) is 129 cm³/mol. The number of nitrogens with zero attached hydrogens (tertiary/aromatic N) is 4. The van der Waals surface area contributed by atoms with Gasteiger partial charge in [-0.1, -0.05) is 30.3 Å². The standard InChI is InChI=1S/C25H24N4O2S/c30-22(27-13-15-32-16-14-27)10-12-28-21-8-4-2-5-17(21)18-9-11-29-24(23(18)28)26-20-7-3-1-6-19(20)25(29)31/h1-8H,9-16H2. The Morgan fingerprint density at radius 3 is 2.56 bits per heavy atom. The summed E-state index contributed by atoms with van der Waals surface area (Å²) in [6.45, 7) is 2.87. The Hall–Kier alpha value is -3.06. The smallest absolute Gasteiger partial charge is 0.261 e. The molecule has 2 aliphatic heterocycles.